The second kappa shape index (κ2) is 3.20. The molecule has 2 heteroatoms. The van der Waals surface area contributed by atoms with Crippen molar-refractivity contribution in [1.29, 1.82) is 5.26 Å². The van der Waals surface area contributed by atoms with Crippen molar-refractivity contribution in [3.05, 3.63) is 35.4 Å². The Labute approximate surface area is 78.4 Å². The summed E-state index contributed by atoms with van der Waals surface area (Å²) in [6.45, 7) is 3.80. The molecule has 0 aliphatic rings. The van der Waals surface area contributed by atoms with E-state index in [0.717, 1.165) is 11.1 Å². The highest BCUT2D eigenvalue weighted by Gasteiger charge is 2.20. The van der Waals surface area contributed by atoms with Gasteiger partial charge in [0.2, 0.25) is 0 Å². The Hall–Kier alpha value is -0.940. The first-order valence-corrected chi connectivity index (χ1v) is 4.22. The molecule has 0 spiro atoms. The quantitative estimate of drug-likeness (QED) is 0.655. The minimum Gasteiger partial charge on any atom is -0.196 e. The number of hydrogen-bond acceptors (Lipinski definition) is 2. The number of thiol groups is 1. The molecule has 1 nitrogen and oxygen atoms in total. The molecule has 1 atom stereocenters. The summed E-state index contributed by atoms with van der Waals surface area (Å²) < 4.78 is -0.675. The van der Waals surface area contributed by atoms with E-state index in [2.05, 4.69) is 18.7 Å². The van der Waals surface area contributed by atoms with Crippen molar-refractivity contribution >= 4 is 12.6 Å². The number of hydrogen-bond donors (Lipinski definition) is 1. The van der Waals surface area contributed by atoms with Gasteiger partial charge in [0.25, 0.3) is 0 Å². The highest BCUT2D eigenvalue weighted by Crippen LogP contribution is 2.27. The summed E-state index contributed by atoms with van der Waals surface area (Å²) in [6, 6.07) is 10.00. The minimum absolute atomic E-state index is 0.675. The second-order valence-electron chi connectivity index (χ2n) is 3.05. The Morgan fingerprint density at radius 2 is 2.17 bits per heavy atom. The molecule has 0 heterocycles. The molecule has 1 aromatic carbocycles. The number of rotatable bonds is 1. The minimum atomic E-state index is -0.675. The lowest BCUT2D eigenvalue weighted by atomic mass is 10.00. The smallest absolute Gasteiger partial charge is 0.122 e. The van der Waals surface area contributed by atoms with Crippen molar-refractivity contribution in [3.63, 3.8) is 0 Å². The van der Waals surface area contributed by atoms with Gasteiger partial charge in [0, 0.05) is 0 Å². The first kappa shape index (κ1) is 9.15. The molecule has 0 bridgehead atoms. The molecular formula is C10H11NS. The highest BCUT2D eigenvalue weighted by molar-refractivity contribution is 7.81. The molecule has 0 aromatic heterocycles. The van der Waals surface area contributed by atoms with Crippen LogP contribution in [0.1, 0.15) is 18.1 Å². The summed E-state index contributed by atoms with van der Waals surface area (Å²) in [7, 11) is 0. The van der Waals surface area contributed by atoms with Crippen molar-refractivity contribution in [2.45, 2.75) is 18.6 Å². The summed E-state index contributed by atoms with van der Waals surface area (Å²) in [4.78, 5) is 0. The van der Waals surface area contributed by atoms with E-state index < -0.39 is 4.75 Å². The van der Waals surface area contributed by atoms with E-state index in [1.165, 1.54) is 0 Å². The molecule has 0 saturated heterocycles. The van der Waals surface area contributed by atoms with E-state index in [1.54, 1.807) is 6.92 Å². The second-order valence-corrected chi connectivity index (χ2v) is 3.95. The average molecular weight is 177 g/mol. The third kappa shape index (κ3) is 1.80. The SMILES string of the molecule is Cc1cccc(C(C)(S)C#N)c1. The van der Waals surface area contributed by atoms with Crippen LogP contribution in [-0.2, 0) is 4.75 Å². The maximum absolute atomic E-state index is 8.81. The summed E-state index contributed by atoms with van der Waals surface area (Å²) in [6.07, 6.45) is 0. The molecule has 1 rings (SSSR count). The summed E-state index contributed by atoms with van der Waals surface area (Å²) in [5, 5.41) is 8.81. The van der Waals surface area contributed by atoms with Gasteiger partial charge in [0.05, 0.1) is 6.07 Å². The van der Waals surface area contributed by atoms with Crippen LogP contribution in [-0.4, -0.2) is 0 Å². The average Bonchev–Trinajstić information content (AvgIpc) is 2.05. The third-order valence-electron chi connectivity index (χ3n) is 1.80. The number of nitriles is 1. The van der Waals surface area contributed by atoms with Crippen LogP contribution in [0, 0.1) is 18.3 Å². The van der Waals surface area contributed by atoms with Crippen LogP contribution in [0.15, 0.2) is 24.3 Å². The van der Waals surface area contributed by atoms with E-state index in [4.69, 9.17) is 5.26 Å². The van der Waals surface area contributed by atoms with Gasteiger partial charge >= 0.3 is 0 Å². The lowest BCUT2D eigenvalue weighted by Crippen LogP contribution is -2.10. The molecule has 62 valence electrons. The lowest BCUT2D eigenvalue weighted by molar-refractivity contribution is 0.903. The van der Waals surface area contributed by atoms with Crippen LogP contribution in [0.4, 0.5) is 0 Å². The fraction of sp³-hybridized carbons (Fsp3) is 0.300. The Morgan fingerprint density at radius 3 is 2.67 bits per heavy atom. The maximum Gasteiger partial charge on any atom is 0.122 e. The van der Waals surface area contributed by atoms with Gasteiger partial charge in [-0.2, -0.15) is 17.9 Å². The lowest BCUT2D eigenvalue weighted by Gasteiger charge is -2.14. The normalized spacial score (nSPS) is 14.8. The molecule has 1 unspecified atom stereocenters. The summed E-state index contributed by atoms with van der Waals surface area (Å²) in [5.41, 5.74) is 2.11. The molecule has 12 heavy (non-hydrogen) atoms. The van der Waals surface area contributed by atoms with E-state index >= 15 is 0 Å². The summed E-state index contributed by atoms with van der Waals surface area (Å²) >= 11 is 4.26. The van der Waals surface area contributed by atoms with Gasteiger partial charge in [0.1, 0.15) is 4.75 Å². The van der Waals surface area contributed by atoms with Crippen molar-refractivity contribution in [3.8, 4) is 6.07 Å². The van der Waals surface area contributed by atoms with Crippen molar-refractivity contribution < 1.29 is 0 Å². The Morgan fingerprint density at radius 1 is 1.50 bits per heavy atom. The molecule has 0 N–H and O–H groups in total. The van der Waals surface area contributed by atoms with Crippen molar-refractivity contribution in [1.82, 2.24) is 0 Å². The van der Waals surface area contributed by atoms with Crippen LogP contribution in [0.2, 0.25) is 0 Å². The van der Waals surface area contributed by atoms with E-state index in [1.807, 2.05) is 31.2 Å². The maximum atomic E-state index is 8.81. The molecule has 0 aliphatic heterocycles. The molecule has 0 aliphatic carbocycles. The first-order valence-electron chi connectivity index (χ1n) is 3.77. The Bertz CT molecular complexity index is 323. The van der Waals surface area contributed by atoms with E-state index in [9.17, 15) is 0 Å². The molecule has 1 aromatic rings. The number of benzene rings is 1. The number of aryl methyl sites for hydroxylation is 1. The van der Waals surface area contributed by atoms with Gasteiger partial charge in [-0.05, 0) is 19.4 Å². The van der Waals surface area contributed by atoms with Gasteiger partial charge in [-0.3, -0.25) is 0 Å². The van der Waals surface area contributed by atoms with Gasteiger partial charge in [-0.15, -0.1) is 0 Å². The molecular weight excluding hydrogens is 166 g/mol. The molecule has 0 saturated carbocycles. The number of nitrogens with zero attached hydrogens (tertiary/aromatic N) is 1. The monoisotopic (exact) mass is 177 g/mol. The van der Waals surface area contributed by atoms with Crippen molar-refractivity contribution in [2.24, 2.45) is 0 Å². The van der Waals surface area contributed by atoms with Gasteiger partial charge in [-0.1, -0.05) is 29.8 Å². The van der Waals surface area contributed by atoms with Crippen LogP contribution in [0.3, 0.4) is 0 Å². The molecule has 0 fully saturated rings. The zero-order valence-corrected chi connectivity index (χ0v) is 8.10. The zero-order valence-electron chi connectivity index (χ0n) is 7.20. The standard InChI is InChI=1S/C10H11NS/c1-8-4-3-5-9(6-8)10(2,12)7-11/h3-6,12H,1-2H3. The van der Waals surface area contributed by atoms with Gasteiger partial charge < -0.3 is 0 Å². The predicted molar refractivity (Wildman–Crippen MR) is 53.1 cm³/mol. The Kier molecular flexibility index (Phi) is 2.44. The third-order valence-corrected chi connectivity index (χ3v) is 2.16. The topological polar surface area (TPSA) is 23.8 Å². The Balaban J connectivity index is 3.14. The fourth-order valence-electron chi connectivity index (χ4n) is 1.01. The predicted octanol–water partition coefficient (Wildman–Crippen LogP) is 2.66. The van der Waals surface area contributed by atoms with Crippen LogP contribution >= 0.6 is 12.6 Å². The molecule has 0 amide bonds. The van der Waals surface area contributed by atoms with Gasteiger partial charge in [0.15, 0.2) is 0 Å². The van der Waals surface area contributed by atoms with E-state index in [0.29, 0.717) is 0 Å². The zero-order chi connectivity index (χ0) is 9.19. The summed E-state index contributed by atoms with van der Waals surface area (Å²) in [5.74, 6) is 0. The van der Waals surface area contributed by atoms with Crippen LogP contribution in [0.5, 0.6) is 0 Å². The van der Waals surface area contributed by atoms with Crippen molar-refractivity contribution in [2.75, 3.05) is 0 Å². The highest BCUT2D eigenvalue weighted by atomic mass is 32.1. The first-order chi connectivity index (χ1) is 5.56. The largest absolute Gasteiger partial charge is 0.196 e. The molecule has 0 radical (unpaired) electrons. The van der Waals surface area contributed by atoms with Gasteiger partial charge in [-0.25, -0.2) is 0 Å². The van der Waals surface area contributed by atoms with E-state index in [-0.39, 0.29) is 0 Å². The van der Waals surface area contributed by atoms with Crippen LogP contribution < -0.4 is 0 Å². The van der Waals surface area contributed by atoms with Crippen LogP contribution in [0.25, 0.3) is 0 Å². The fourth-order valence-corrected chi connectivity index (χ4v) is 1.15.